The second-order valence-corrected chi connectivity index (χ2v) is 6.27. The van der Waals surface area contributed by atoms with Crippen molar-refractivity contribution < 1.29 is 4.74 Å². The Bertz CT molecular complexity index is 630. The summed E-state index contributed by atoms with van der Waals surface area (Å²) in [5, 5.41) is 3.86. The van der Waals surface area contributed by atoms with Crippen LogP contribution in [0.4, 0.5) is 17.2 Å². The number of hydrogen-bond donors (Lipinski definition) is 2. The number of ether oxygens (including phenoxy) is 1. The Hall–Kier alpha value is -1.94. The number of nitrogens with two attached hydrogens (primary N) is 1. The first-order chi connectivity index (χ1) is 9.76. The highest BCUT2D eigenvalue weighted by molar-refractivity contribution is 6.33. The molecule has 0 spiro atoms. The first kappa shape index (κ1) is 15.4. The molecule has 21 heavy (non-hydrogen) atoms. The molecule has 0 radical (unpaired) electrons. The maximum absolute atomic E-state index is 6.21. The standard InChI is InChI=1S/C16H20ClN3O/c1-10-6-5-7-11(17)14(10)19-13-9-8-12(18)15(20-13)21-16(2,3)4/h5-9H,18H2,1-4H3,(H,19,20). The summed E-state index contributed by atoms with van der Waals surface area (Å²) in [7, 11) is 0. The van der Waals surface area contributed by atoms with E-state index in [-0.39, 0.29) is 5.60 Å². The molecule has 2 rings (SSSR count). The van der Waals surface area contributed by atoms with Crippen LogP contribution in [0.25, 0.3) is 0 Å². The van der Waals surface area contributed by atoms with E-state index in [0.29, 0.717) is 22.4 Å². The van der Waals surface area contributed by atoms with Crippen molar-refractivity contribution >= 4 is 28.8 Å². The minimum atomic E-state index is -0.361. The summed E-state index contributed by atoms with van der Waals surface area (Å²) < 4.78 is 5.76. The molecule has 0 saturated heterocycles. The zero-order chi connectivity index (χ0) is 15.6. The second kappa shape index (κ2) is 5.82. The largest absolute Gasteiger partial charge is 0.470 e. The van der Waals surface area contributed by atoms with E-state index in [1.165, 1.54) is 0 Å². The van der Waals surface area contributed by atoms with Gasteiger partial charge in [0.2, 0.25) is 5.88 Å². The second-order valence-electron chi connectivity index (χ2n) is 5.86. The van der Waals surface area contributed by atoms with Gasteiger partial charge in [0.1, 0.15) is 11.4 Å². The van der Waals surface area contributed by atoms with Gasteiger partial charge in [0.25, 0.3) is 0 Å². The number of anilines is 3. The summed E-state index contributed by atoms with van der Waals surface area (Å²) >= 11 is 6.21. The summed E-state index contributed by atoms with van der Waals surface area (Å²) in [4.78, 5) is 4.42. The Morgan fingerprint density at radius 1 is 1.19 bits per heavy atom. The van der Waals surface area contributed by atoms with Gasteiger partial charge in [0.05, 0.1) is 16.4 Å². The van der Waals surface area contributed by atoms with Crippen LogP contribution in [-0.4, -0.2) is 10.6 Å². The van der Waals surface area contributed by atoms with E-state index in [0.717, 1.165) is 11.3 Å². The predicted molar refractivity (Wildman–Crippen MR) is 88.5 cm³/mol. The number of hydrogen-bond acceptors (Lipinski definition) is 4. The average molecular weight is 306 g/mol. The summed E-state index contributed by atoms with van der Waals surface area (Å²) in [6, 6.07) is 9.29. The van der Waals surface area contributed by atoms with Crippen LogP contribution < -0.4 is 15.8 Å². The smallest absolute Gasteiger partial charge is 0.239 e. The molecule has 0 atom stereocenters. The molecule has 1 aromatic carbocycles. The maximum Gasteiger partial charge on any atom is 0.239 e. The maximum atomic E-state index is 6.21. The molecule has 0 amide bonds. The SMILES string of the molecule is Cc1cccc(Cl)c1Nc1ccc(N)c(OC(C)(C)C)n1. The highest BCUT2D eigenvalue weighted by Gasteiger charge is 2.16. The van der Waals surface area contributed by atoms with Crippen molar-refractivity contribution in [1.82, 2.24) is 4.98 Å². The van der Waals surface area contributed by atoms with E-state index in [1.807, 2.05) is 45.9 Å². The molecule has 0 aliphatic carbocycles. The van der Waals surface area contributed by atoms with Gasteiger partial charge in [-0.15, -0.1) is 0 Å². The molecule has 112 valence electrons. The average Bonchev–Trinajstić information content (AvgIpc) is 2.36. The lowest BCUT2D eigenvalue weighted by molar-refractivity contribution is 0.125. The first-order valence-corrected chi connectivity index (χ1v) is 7.12. The number of nitrogen functional groups attached to an aromatic ring is 1. The number of aryl methyl sites for hydroxylation is 1. The van der Waals surface area contributed by atoms with Crippen molar-refractivity contribution in [2.45, 2.75) is 33.3 Å². The molecule has 3 N–H and O–H groups in total. The summed E-state index contributed by atoms with van der Waals surface area (Å²) in [6.45, 7) is 7.84. The number of aromatic nitrogens is 1. The number of pyridine rings is 1. The van der Waals surface area contributed by atoms with Crippen LogP contribution in [0.1, 0.15) is 26.3 Å². The van der Waals surface area contributed by atoms with E-state index in [1.54, 1.807) is 12.1 Å². The third-order valence-electron chi connectivity index (χ3n) is 2.77. The van der Waals surface area contributed by atoms with E-state index >= 15 is 0 Å². The van der Waals surface area contributed by atoms with Crippen LogP contribution in [0.15, 0.2) is 30.3 Å². The summed E-state index contributed by atoms with van der Waals surface area (Å²) in [5.74, 6) is 1.05. The third-order valence-corrected chi connectivity index (χ3v) is 3.08. The van der Waals surface area contributed by atoms with Gasteiger partial charge >= 0.3 is 0 Å². The number of nitrogens with zero attached hydrogens (tertiary/aromatic N) is 1. The van der Waals surface area contributed by atoms with Crippen molar-refractivity contribution in [3.05, 3.63) is 40.9 Å². The lowest BCUT2D eigenvalue weighted by atomic mass is 10.2. The van der Waals surface area contributed by atoms with Crippen molar-refractivity contribution in [2.24, 2.45) is 0 Å². The van der Waals surface area contributed by atoms with E-state index in [4.69, 9.17) is 22.1 Å². The molecule has 0 unspecified atom stereocenters. The minimum absolute atomic E-state index is 0.361. The van der Waals surface area contributed by atoms with Gasteiger partial charge in [-0.2, -0.15) is 4.98 Å². The lowest BCUT2D eigenvalue weighted by Gasteiger charge is -2.22. The lowest BCUT2D eigenvalue weighted by Crippen LogP contribution is -2.24. The quantitative estimate of drug-likeness (QED) is 0.873. The zero-order valence-corrected chi connectivity index (χ0v) is 13.5. The van der Waals surface area contributed by atoms with Gasteiger partial charge in [-0.3, -0.25) is 0 Å². The number of benzene rings is 1. The molecular weight excluding hydrogens is 286 g/mol. The van der Waals surface area contributed by atoms with Crippen molar-refractivity contribution in [2.75, 3.05) is 11.1 Å². The van der Waals surface area contributed by atoms with Gasteiger partial charge in [0.15, 0.2) is 0 Å². The molecule has 2 aromatic rings. The monoisotopic (exact) mass is 305 g/mol. The van der Waals surface area contributed by atoms with E-state index < -0.39 is 0 Å². The van der Waals surface area contributed by atoms with Gasteiger partial charge in [0, 0.05) is 0 Å². The Morgan fingerprint density at radius 3 is 2.52 bits per heavy atom. The van der Waals surface area contributed by atoms with Crippen LogP contribution in [0.5, 0.6) is 5.88 Å². The number of halogens is 1. The summed E-state index contributed by atoms with van der Waals surface area (Å²) in [6.07, 6.45) is 0. The Labute approximate surface area is 130 Å². The molecule has 0 saturated carbocycles. The zero-order valence-electron chi connectivity index (χ0n) is 12.7. The predicted octanol–water partition coefficient (Wildman–Crippen LogP) is 4.55. The fourth-order valence-electron chi connectivity index (χ4n) is 1.81. The van der Waals surface area contributed by atoms with Gasteiger partial charge in [-0.1, -0.05) is 23.7 Å². The van der Waals surface area contributed by atoms with Crippen molar-refractivity contribution in [3.63, 3.8) is 0 Å². The Balaban J connectivity index is 2.31. The molecule has 0 aliphatic rings. The minimum Gasteiger partial charge on any atom is -0.470 e. The molecule has 0 fully saturated rings. The summed E-state index contributed by atoms with van der Waals surface area (Å²) in [5.41, 5.74) is 7.93. The van der Waals surface area contributed by atoms with Gasteiger partial charge in [-0.25, -0.2) is 0 Å². The van der Waals surface area contributed by atoms with Gasteiger partial charge in [-0.05, 0) is 51.5 Å². The normalized spacial score (nSPS) is 11.3. The molecule has 0 bridgehead atoms. The van der Waals surface area contributed by atoms with Crippen LogP contribution in [0.3, 0.4) is 0 Å². The molecule has 0 aliphatic heterocycles. The van der Waals surface area contributed by atoms with Crippen LogP contribution in [0.2, 0.25) is 5.02 Å². The fourth-order valence-corrected chi connectivity index (χ4v) is 2.08. The Kier molecular flexibility index (Phi) is 4.28. The molecule has 1 aromatic heterocycles. The van der Waals surface area contributed by atoms with E-state index in [2.05, 4.69) is 10.3 Å². The highest BCUT2D eigenvalue weighted by Crippen LogP contribution is 2.30. The van der Waals surface area contributed by atoms with Crippen molar-refractivity contribution in [3.8, 4) is 5.88 Å². The van der Waals surface area contributed by atoms with Crippen LogP contribution in [0, 0.1) is 6.92 Å². The topological polar surface area (TPSA) is 60.2 Å². The third kappa shape index (κ3) is 4.02. The molecule has 1 heterocycles. The number of rotatable bonds is 3. The number of nitrogens with one attached hydrogen (secondary N) is 1. The molecule has 4 nitrogen and oxygen atoms in total. The van der Waals surface area contributed by atoms with Gasteiger partial charge < -0.3 is 15.8 Å². The highest BCUT2D eigenvalue weighted by atomic mass is 35.5. The van der Waals surface area contributed by atoms with Crippen LogP contribution >= 0.6 is 11.6 Å². The van der Waals surface area contributed by atoms with Crippen LogP contribution in [-0.2, 0) is 0 Å². The molecular formula is C16H20ClN3O. The number of para-hydroxylation sites is 1. The first-order valence-electron chi connectivity index (χ1n) is 6.74. The fraction of sp³-hybridized carbons (Fsp3) is 0.312. The Morgan fingerprint density at radius 2 is 1.90 bits per heavy atom. The van der Waals surface area contributed by atoms with E-state index in [9.17, 15) is 0 Å². The molecule has 5 heteroatoms. The van der Waals surface area contributed by atoms with Crippen molar-refractivity contribution in [1.29, 1.82) is 0 Å².